The van der Waals surface area contributed by atoms with Crippen molar-refractivity contribution in [2.24, 2.45) is 0 Å². The molecule has 0 saturated carbocycles. The number of rotatable bonds is 5. The molecule has 2 heterocycles. The summed E-state index contributed by atoms with van der Waals surface area (Å²) in [5.41, 5.74) is 1.14. The number of nitrogens with zero attached hydrogens (tertiary/aromatic N) is 4. The van der Waals surface area contributed by atoms with E-state index in [0.29, 0.717) is 23.3 Å². The Labute approximate surface area is 132 Å². The summed E-state index contributed by atoms with van der Waals surface area (Å²) in [6.07, 6.45) is 1.61. The molecule has 0 aliphatic carbocycles. The second-order valence-corrected chi connectivity index (χ2v) is 6.05. The Morgan fingerprint density at radius 1 is 1.23 bits per heavy atom. The lowest BCUT2D eigenvalue weighted by Gasteiger charge is -2.09. The van der Waals surface area contributed by atoms with E-state index in [1.165, 1.54) is 11.8 Å². The Balaban J connectivity index is 1.99. The maximum atomic E-state index is 9.02. The van der Waals surface area contributed by atoms with Crippen molar-refractivity contribution in [3.63, 3.8) is 0 Å². The van der Waals surface area contributed by atoms with Gasteiger partial charge in [-0.15, -0.1) is 10.2 Å². The minimum atomic E-state index is -0.192. The molecular weight excluding hydrogens is 296 g/mol. The van der Waals surface area contributed by atoms with E-state index in [1.807, 2.05) is 54.0 Å². The second kappa shape index (κ2) is 6.50. The highest BCUT2D eigenvalue weighted by Crippen LogP contribution is 2.27. The average molecular weight is 310 g/mol. The minimum absolute atomic E-state index is 0.192. The Morgan fingerprint density at radius 2 is 2.05 bits per heavy atom. The third-order valence-corrected chi connectivity index (χ3v) is 4.08. The first-order valence-electron chi connectivity index (χ1n) is 6.85. The summed E-state index contributed by atoms with van der Waals surface area (Å²) in [6.45, 7) is 2.48. The van der Waals surface area contributed by atoms with Crippen molar-refractivity contribution in [2.45, 2.75) is 23.9 Å². The maximum absolute atomic E-state index is 9.02. The molecular formula is C16H14N4OS. The van der Waals surface area contributed by atoms with Crippen LogP contribution >= 0.6 is 11.8 Å². The van der Waals surface area contributed by atoms with Crippen molar-refractivity contribution in [1.82, 2.24) is 14.8 Å². The molecule has 0 N–H and O–H groups in total. The maximum Gasteiger partial charge on any atom is 0.200 e. The van der Waals surface area contributed by atoms with Crippen LogP contribution in [0.2, 0.25) is 0 Å². The van der Waals surface area contributed by atoms with Gasteiger partial charge < -0.3 is 4.42 Å². The molecule has 0 amide bonds. The predicted molar refractivity (Wildman–Crippen MR) is 84.2 cm³/mol. The van der Waals surface area contributed by atoms with Crippen molar-refractivity contribution in [1.29, 1.82) is 5.26 Å². The van der Waals surface area contributed by atoms with Crippen molar-refractivity contribution < 1.29 is 4.42 Å². The highest BCUT2D eigenvalue weighted by Gasteiger charge is 2.18. The Kier molecular flexibility index (Phi) is 4.26. The van der Waals surface area contributed by atoms with E-state index in [-0.39, 0.29) is 5.25 Å². The van der Waals surface area contributed by atoms with Gasteiger partial charge in [0.25, 0.3) is 0 Å². The summed E-state index contributed by atoms with van der Waals surface area (Å²) in [4.78, 5) is 0. The zero-order chi connectivity index (χ0) is 15.4. The molecule has 0 unspecified atom stereocenters. The Bertz CT molecular complexity index is 774. The van der Waals surface area contributed by atoms with Crippen molar-refractivity contribution >= 4 is 11.8 Å². The number of benzene rings is 1. The molecule has 0 fully saturated rings. The number of thioether (sulfide) groups is 1. The first-order valence-corrected chi connectivity index (χ1v) is 7.73. The predicted octanol–water partition coefficient (Wildman–Crippen LogP) is 3.59. The highest BCUT2D eigenvalue weighted by molar-refractivity contribution is 8.00. The zero-order valence-corrected chi connectivity index (χ0v) is 12.8. The fourth-order valence-electron chi connectivity index (χ4n) is 2.06. The summed E-state index contributed by atoms with van der Waals surface area (Å²) < 4.78 is 7.42. The molecule has 0 aliphatic rings. The van der Waals surface area contributed by atoms with E-state index >= 15 is 0 Å². The number of aromatic nitrogens is 3. The van der Waals surface area contributed by atoms with Gasteiger partial charge in [-0.1, -0.05) is 42.1 Å². The summed E-state index contributed by atoms with van der Waals surface area (Å²) in [5, 5.41) is 18.0. The van der Waals surface area contributed by atoms with Gasteiger partial charge in [0.1, 0.15) is 0 Å². The van der Waals surface area contributed by atoms with E-state index in [2.05, 4.69) is 16.3 Å². The first kappa shape index (κ1) is 14.4. The number of furan rings is 1. The van der Waals surface area contributed by atoms with Gasteiger partial charge in [-0.05, 0) is 24.6 Å². The third-order valence-electron chi connectivity index (χ3n) is 3.11. The Morgan fingerprint density at radius 3 is 2.73 bits per heavy atom. The molecule has 22 heavy (non-hydrogen) atoms. The van der Waals surface area contributed by atoms with E-state index in [0.717, 1.165) is 5.56 Å². The molecule has 0 radical (unpaired) electrons. The van der Waals surface area contributed by atoms with Gasteiger partial charge in [0.15, 0.2) is 10.9 Å². The van der Waals surface area contributed by atoms with Gasteiger partial charge in [-0.3, -0.25) is 4.57 Å². The van der Waals surface area contributed by atoms with Crippen molar-refractivity contribution in [3.05, 3.63) is 54.3 Å². The molecule has 0 bridgehead atoms. The van der Waals surface area contributed by atoms with Gasteiger partial charge in [0, 0.05) is 0 Å². The minimum Gasteiger partial charge on any atom is -0.461 e. The fourth-order valence-corrected chi connectivity index (χ4v) is 2.79. The van der Waals surface area contributed by atoms with Crippen LogP contribution in [0.4, 0.5) is 0 Å². The standard InChI is InChI=1S/C16H14N4OS/c1-12(10-17)22-16-19-18-15(14-8-5-9-21-14)20(16)11-13-6-3-2-4-7-13/h2-9,12H,11H2,1H3/t12-/m1/s1. The molecule has 3 aromatic rings. The number of hydrogen-bond donors (Lipinski definition) is 0. The van der Waals surface area contributed by atoms with Crippen LogP contribution in [0, 0.1) is 11.3 Å². The topological polar surface area (TPSA) is 67.6 Å². The van der Waals surface area contributed by atoms with Crippen LogP contribution in [0.15, 0.2) is 58.3 Å². The normalized spacial score (nSPS) is 12.0. The molecule has 0 aliphatic heterocycles. The van der Waals surface area contributed by atoms with Gasteiger partial charge in [-0.2, -0.15) is 5.26 Å². The van der Waals surface area contributed by atoms with Crippen molar-refractivity contribution in [3.8, 4) is 17.7 Å². The molecule has 1 atom stereocenters. The van der Waals surface area contributed by atoms with Crippen LogP contribution in [0.3, 0.4) is 0 Å². The lowest BCUT2D eigenvalue weighted by atomic mass is 10.2. The van der Waals surface area contributed by atoms with Gasteiger partial charge in [0.05, 0.1) is 24.1 Å². The summed E-state index contributed by atoms with van der Waals surface area (Å²) in [7, 11) is 0. The smallest absolute Gasteiger partial charge is 0.200 e. The van der Waals surface area contributed by atoms with E-state index < -0.39 is 0 Å². The first-order chi connectivity index (χ1) is 10.8. The molecule has 0 spiro atoms. The van der Waals surface area contributed by atoms with Gasteiger partial charge in [-0.25, -0.2) is 0 Å². The molecule has 0 saturated heterocycles. The largest absolute Gasteiger partial charge is 0.461 e. The molecule has 1 aromatic carbocycles. The van der Waals surface area contributed by atoms with Gasteiger partial charge in [0.2, 0.25) is 5.82 Å². The average Bonchev–Trinajstić information content (AvgIpc) is 3.19. The summed E-state index contributed by atoms with van der Waals surface area (Å²) in [6, 6.07) is 16.0. The van der Waals surface area contributed by atoms with Crippen molar-refractivity contribution in [2.75, 3.05) is 0 Å². The Hall–Kier alpha value is -2.52. The monoisotopic (exact) mass is 310 g/mol. The quantitative estimate of drug-likeness (QED) is 0.674. The van der Waals surface area contributed by atoms with Crippen LogP contribution in [0.1, 0.15) is 12.5 Å². The molecule has 2 aromatic heterocycles. The van der Waals surface area contributed by atoms with E-state index in [9.17, 15) is 0 Å². The fraction of sp³-hybridized carbons (Fsp3) is 0.188. The molecule has 3 rings (SSSR count). The SMILES string of the molecule is C[C@H](C#N)Sc1nnc(-c2ccco2)n1Cc1ccccc1. The zero-order valence-electron chi connectivity index (χ0n) is 12.0. The van der Waals surface area contributed by atoms with Crippen LogP contribution < -0.4 is 0 Å². The number of nitriles is 1. The second-order valence-electron chi connectivity index (χ2n) is 4.74. The van der Waals surface area contributed by atoms with Crippen LogP contribution in [-0.4, -0.2) is 20.0 Å². The molecule has 6 heteroatoms. The van der Waals surface area contributed by atoms with Crippen LogP contribution in [0.25, 0.3) is 11.6 Å². The van der Waals surface area contributed by atoms with E-state index in [4.69, 9.17) is 9.68 Å². The van der Waals surface area contributed by atoms with E-state index in [1.54, 1.807) is 6.26 Å². The van der Waals surface area contributed by atoms with Crippen LogP contribution in [0.5, 0.6) is 0 Å². The lowest BCUT2D eigenvalue weighted by molar-refractivity contribution is 0.569. The number of hydrogen-bond acceptors (Lipinski definition) is 5. The third kappa shape index (κ3) is 3.05. The van der Waals surface area contributed by atoms with Crippen LogP contribution in [-0.2, 0) is 6.54 Å². The lowest BCUT2D eigenvalue weighted by Crippen LogP contribution is -2.05. The summed E-state index contributed by atoms with van der Waals surface area (Å²) in [5.74, 6) is 1.33. The van der Waals surface area contributed by atoms with Gasteiger partial charge >= 0.3 is 0 Å². The molecule has 110 valence electrons. The highest BCUT2D eigenvalue weighted by atomic mass is 32.2. The summed E-state index contributed by atoms with van der Waals surface area (Å²) >= 11 is 1.39. The molecule has 5 nitrogen and oxygen atoms in total.